The Hall–Kier alpha value is -2.59. The number of aliphatic imine (C=N–C) groups is 1. The maximum absolute atomic E-state index is 12.0. The number of hydrogen-bond donors (Lipinski definition) is 1. The molecule has 1 aromatic carbocycles. The lowest BCUT2D eigenvalue weighted by atomic mass is 10.1. The van der Waals surface area contributed by atoms with E-state index in [0.717, 1.165) is 24.1 Å². The summed E-state index contributed by atoms with van der Waals surface area (Å²) in [5, 5.41) is 16.2. The van der Waals surface area contributed by atoms with Gasteiger partial charge < -0.3 is 0 Å². The smallest absolute Gasteiger partial charge is 0.266 e. The number of aromatic nitrogens is 2. The maximum Gasteiger partial charge on any atom is 0.266 e. The van der Waals surface area contributed by atoms with E-state index in [1.807, 2.05) is 43.6 Å². The van der Waals surface area contributed by atoms with E-state index < -0.39 is 0 Å². The zero-order chi connectivity index (χ0) is 18.1. The molecular weight excluding hydrogens is 334 g/mol. The highest BCUT2D eigenvalue weighted by Crippen LogP contribution is 2.15. The van der Waals surface area contributed by atoms with Gasteiger partial charge in [-0.15, -0.1) is 0 Å². The average Bonchev–Trinajstić information content (AvgIpc) is 2.62. The van der Waals surface area contributed by atoms with Gasteiger partial charge in [0.25, 0.3) is 5.56 Å². The highest BCUT2D eigenvalue weighted by molar-refractivity contribution is 8.13. The van der Waals surface area contributed by atoms with Gasteiger partial charge in [-0.1, -0.05) is 41.6 Å². The number of nitrogens with zero attached hydrogens (tertiary/aromatic N) is 4. The molecule has 2 rings (SSSR count). The van der Waals surface area contributed by atoms with Crippen LogP contribution in [0.25, 0.3) is 11.3 Å². The van der Waals surface area contributed by atoms with E-state index in [2.05, 4.69) is 15.4 Å². The van der Waals surface area contributed by atoms with Crippen molar-refractivity contribution in [2.45, 2.75) is 26.3 Å². The Morgan fingerprint density at radius 1 is 1.28 bits per heavy atom. The zero-order valence-corrected chi connectivity index (χ0v) is 15.2. The van der Waals surface area contributed by atoms with Gasteiger partial charge >= 0.3 is 0 Å². The third-order valence-corrected chi connectivity index (χ3v) is 4.22. The summed E-state index contributed by atoms with van der Waals surface area (Å²) in [7, 11) is 0. The summed E-state index contributed by atoms with van der Waals surface area (Å²) >= 11 is 1.40. The van der Waals surface area contributed by atoms with Crippen molar-refractivity contribution in [1.29, 1.82) is 5.26 Å². The van der Waals surface area contributed by atoms with Crippen molar-refractivity contribution in [3.05, 3.63) is 52.3 Å². The Morgan fingerprint density at radius 2 is 2.04 bits per heavy atom. The van der Waals surface area contributed by atoms with Crippen LogP contribution < -0.4 is 10.9 Å². The monoisotopic (exact) mass is 355 g/mol. The van der Waals surface area contributed by atoms with Gasteiger partial charge in [0.1, 0.15) is 0 Å². The Morgan fingerprint density at radius 3 is 2.72 bits per heavy atom. The van der Waals surface area contributed by atoms with Crippen molar-refractivity contribution in [3.8, 4) is 17.5 Å². The second kappa shape index (κ2) is 9.64. The summed E-state index contributed by atoms with van der Waals surface area (Å²) in [6, 6.07) is 11.4. The molecule has 0 atom stereocenters. The number of amidine groups is 1. The molecule has 0 bridgehead atoms. The number of aryl methyl sites for hydroxylation is 2. The summed E-state index contributed by atoms with van der Waals surface area (Å²) < 4.78 is 1.50. The van der Waals surface area contributed by atoms with Gasteiger partial charge in [-0.05, 0) is 32.1 Å². The largest absolute Gasteiger partial charge is 0.272 e. The van der Waals surface area contributed by atoms with Crippen LogP contribution >= 0.6 is 11.8 Å². The highest BCUT2D eigenvalue weighted by atomic mass is 32.2. The van der Waals surface area contributed by atoms with Gasteiger partial charge in [-0.25, -0.2) is 4.68 Å². The molecule has 130 valence electrons. The maximum atomic E-state index is 12.0. The van der Waals surface area contributed by atoms with Crippen molar-refractivity contribution in [3.63, 3.8) is 0 Å². The fourth-order valence-electron chi connectivity index (χ4n) is 2.24. The van der Waals surface area contributed by atoms with Crippen molar-refractivity contribution < 1.29 is 0 Å². The first-order valence-corrected chi connectivity index (χ1v) is 9.25. The molecule has 25 heavy (non-hydrogen) atoms. The van der Waals surface area contributed by atoms with Crippen LogP contribution in [0.3, 0.4) is 0 Å². The van der Waals surface area contributed by atoms with Gasteiger partial charge in [0, 0.05) is 24.7 Å². The fraction of sp³-hybridized carbons (Fsp3) is 0.333. The van der Waals surface area contributed by atoms with Crippen LogP contribution in [-0.4, -0.2) is 27.7 Å². The number of benzene rings is 1. The molecule has 1 N–H and O–H groups in total. The summed E-state index contributed by atoms with van der Waals surface area (Å²) in [6.07, 6.45) is 5.34. The van der Waals surface area contributed by atoms with E-state index >= 15 is 0 Å². The van der Waals surface area contributed by atoms with Crippen LogP contribution in [0.15, 0.2) is 46.2 Å². The molecule has 7 heteroatoms. The summed E-state index contributed by atoms with van der Waals surface area (Å²) in [5.41, 5.74) is 2.88. The average molecular weight is 355 g/mol. The highest BCUT2D eigenvalue weighted by Gasteiger charge is 2.03. The number of unbranched alkanes of at least 4 members (excludes halogenated alkanes) is 1. The van der Waals surface area contributed by atoms with E-state index in [9.17, 15) is 4.79 Å². The first-order chi connectivity index (χ1) is 12.1. The minimum atomic E-state index is -0.102. The Kier molecular flexibility index (Phi) is 7.23. The van der Waals surface area contributed by atoms with Crippen molar-refractivity contribution in [1.82, 2.24) is 15.1 Å². The molecule has 2 aromatic rings. The Bertz CT molecular complexity index is 821. The third-order valence-electron chi connectivity index (χ3n) is 3.60. The lowest BCUT2D eigenvalue weighted by molar-refractivity contribution is 0.537. The van der Waals surface area contributed by atoms with E-state index in [-0.39, 0.29) is 5.56 Å². The minimum absolute atomic E-state index is 0.102. The van der Waals surface area contributed by atoms with Gasteiger partial charge in [-0.2, -0.15) is 10.4 Å². The van der Waals surface area contributed by atoms with Gasteiger partial charge in [0.05, 0.1) is 5.69 Å². The Balaban J connectivity index is 1.96. The topological polar surface area (TPSA) is 83.1 Å². The minimum Gasteiger partial charge on any atom is -0.272 e. The van der Waals surface area contributed by atoms with Gasteiger partial charge in [0.15, 0.2) is 11.4 Å². The molecule has 1 heterocycles. The number of thioether (sulfide) groups is 1. The predicted molar refractivity (Wildman–Crippen MR) is 102 cm³/mol. The normalized spacial score (nSPS) is 11.2. The Labute approximate surface area is 151 Å². The molecule has 6 nitrogen and oxygen atoms in total. The zero-order valence-electron chi connectivity index (χ0n) is 14.4. The van der Waals surface area contributed by atoms with Crippen molar-refractivity contribution >= 4 is 16.9 Å². The van der Waals surface area contributed by atoms with E-state index in [1.165, 1.54) is 22.0 Å². The van der Waals surface area contributed by atoms with E-state index in [1.54, 1.807) is 12.1 Å². The van der Waals surface area contributed by atoms with Crippen LogP contribution in [0.2, 0.25) is 0 Å². The van der Waals surface area contributed by atoms with Crippen LogP contribution in [0, 0.1) is 18.4 Å². The molecule has 0 radical (unpaired) electrons. The van der Waals surface area contributed by atoms with Crippen LogP contribution in [0.4, 0.5) is 0 Å². The molecule has 0 fully saturated rings. The lowest BCUT2D eigenvalue weighted by Crippen LogP contribution is -2.22. The fourth-order valence-corrected chi connectivity index (χ4v) is 2.61. The van der Waals surface area contributed by atoms with Gasteiger partial charge in [-0.3, -0.25) is 15.1 Å². The molecule has 0 unspecified atom stereocenters. The molecule has 0 aliphatic carbocycles. The number of rotatable bonds is 6. The van der Waals surface area contributed by atoms with Crippen LogP contribution in [0.5, 0.6) is 0 Å². The third kappa shape index (κ3) is 5.76. The first kappa shape index (κ1) is 18.7. The molecule has 1 aromatic heterocycles. The number of hydrogen-bond acceptors (Lipinski definition) is 5. The van der Waals surface area contributed by atoms with Gasteiger partial charge in [0.2, 0.25) is 0 Å². The standard InChI is InChI=1S/C18H21N5OS/c1-14-5-7-15(8-6-14)16-9-10-17(24)23(22-16)12-4-3-11-20-18(25-2)21-13-19/h5-10H,3-4,11-12H2,1-2H3,(H,20,21). The quantitative estimate of drug-likeness (QED) is 0.283. The number of nitriles is 1. The molecule has 0 amide bonds. The van der Waals surface area contributed by atoms with Crippen LogP contribution in [0.1, 0.15) is 18.4 Å². The molecule has 0 saturated heterocycles. The predicted octanol–water partition coefficient (Wildman–Crippen LogP) is 2.79. The molecule has 0 saturated carbocycles. The summed E-state index contributed by atoms with van der Waals surface area (Å²) in [5.74, 6) is 0. The SMILES string of the molecule is CSC(=NCCCCn1nc(-c2ccc(C)cc2)ccc1=O)NC#N. The molecular formula is C18H21N5OS. The molecule has 0 aliphatic heterocycles. The van der Waals surface area contributed by atoms with Crippen LogP contribution in [-0.2, 0) is 6.54 Å². The second-order valence-corrected chi connectivity index (χ2v) is 6.28. The van der Waals surface area contributed by atoms with Crippen molar-refractivity contribution in [2.75, 3.05) is 12.8 Å². The van der Waals surface area contributed by atoms with E-state index in [4.69, 9.17) is 5.26 Å². The first-order valence-electron chi connectivity index (χ1n) is 8.03. The second-order valence-electron chi connectivity index (χ2n) is 5.48. The lowest BCUT2D eigenvalue weighted by Gasteiger charge is -2.07. The molecule has 0 spiro atoms. The number of nitrogens with one attached hydrogen (secondary N) is 1. The van der Waals surface area contributed by atoms with E-state index in [0.29, 0.717) is 18.3 Å². The molecule has 0 aliphatic rings. The van der Waals surface area contributed by atoms with Crippen molar-refractivity contribution in [2.24, 2.45) is 4.99 Å². The summed E-state index contributed by atoms with van der Waals surface area (Å²) in [6.45, 7) is 3.20. The summed E-state index contributed by atoms with van der Waals surface area (Å²) in [4.78, 5) is 16.3.